The summed E-state index contributed by atoms with van der Waals surface area (Å²) in [5.74, 6) is -0.00634. The Kier molecular flexibility index (Phi) is 2.54. The van der Waals surface area contributed by atoms with Crippen molar-refractivity contribution >= 4 is 11.5 Å². The molecule has 2 unspecified atom stereocenters. The Morgan fingerprint density at radius 2 is 2.00 bits per heavy atom. The molecule has 0 aliphatic carbocycles. The van der Waals surface area contributed by atoms with Gasteiger partial charge in [0.15, 0.2) is 11.9 Å². The average Bonchev–Trinajstić information content (AvgIpc) is 2.61. The smallest absolute Gasteiger partial charge is 0.197 e. The van der Waals surface area contributed by atoms with E-state index in [-0.39, 0.29) is 11.7 Å². The average molecular weight is 203 g/mol. The lowest BCUT2D eigenvalue weighted by molar-refractivity contribution is -0.127. The maximum atomic E-state index is 11.4. The minimum absolute atomic E-state index is 0.0180. The van der Waals surface area contributed by atoms with Crippen molar-refractivity contribution in [2.45, 2.75) is 25.9 Å². The first-order valence-corrected chi connectivity index (χ1v) is 4.96. The van der Waals surface area contributed by atoms with Crippen molar-refractivity contribution in [3.8, 4) is 0 Å². The number of hydrogen-bond acceptors (Lipinski definition) is 3. The summed E-state index contributed by atoms with van der Waals surface area (Å²) in [5.41, 5.74) is 1.94. The molecule has 0 saturated heterocycles. The van der Waals surface area contributed by atoms with Crippen LogP contribution in [0.15, 0.2) is 35.5 Å². The molecule has 0 aromatic heterocycles. The highest BCUT2D eigenvalue weighted by molar-refractivity contribution is 5.97. The predicted molar refractivity (Wildman–Crippen MR) is 57.8 cm³/mol. The molecule has 0 spiro atoms. The van der Waals surface area contributed by atoms with Crippen LogP contribution in [0, 0.1) is 0 Å². The second kappa shape index (κ2) is 3.85. The van der Waals surface area contributed by atoms with Crippen LogP contribution in [0.2, 0.25) is 0 Å². The fourth-order valence-electron chi connectivity index (χ4n) is 1.86. The van der Waals surface area contributed by atoms with Gasteiger partial charge in [0.05, 0.1) is 11.6 Å². The summed E-state index contributed by atoms with van der Waals surface area (Å²) >= 11 is 0. The summed E-state index contributed by atoms with van der Waals surface area (Å²) in [5, 5.41) is 3.89. The minimum atomic E-state index is -0.451. The van der Waals surface area contributed by atoms with Gasteiger partial charge in [0.25, 0.3) is 0 Å². The van der Waals surface area contributed by atoms with E-state index in [1.54, 1.807) is 0 Å². The van der Waals surface area contributed by atoms with Gasteiger partial charge in [-0.25, -0.2) is 0 Å². The summed E-state index contributed by atoms with van der Waals surface area (Å²) in [4.78, 5) is 16.5. The zero-order valence-electron chi connectivity index (χ0n) is 8.81. The summed E-state index contributed by atoms with van der Waals surface area (Å²) < 4.78 is 0. The van der Waals surface area contributed by atoms with E-state index in [9.17, 15) is 4.79 Å². The molecule has 3 heteroatoms. The van der Waals surface area contributed by atoms with E-state index >= 15 is 0 Å². The van der Waals surface area contributed by atoms with Gasteiger partial charge in [-0.1, -0.05) is 35.5 Å². The van der Waals surface area contributed by atoms with Crippen LogP contribution in [0.3, 0.4) is 0 Å². The second-order valence-electron chi connectivity index (χ2n) is 3.76. The van der Waals surface area contributed by atoms with Gasteiger partial charge in [0.2, 0.25) is 0 Å². The van der Waals surface area contributed by atoms with Gasteiger partial charge in [-0.3, -0.25) is 4.79 Å². The molecule has 3 nitrogen and oxygen atoms in total. The number of Topliss-reactive ketones (excluding diaryl/α,β-unsaturated/α-hetero) is 1. The molecule has 2 rings (SSSR count). The van der Waals surface area contributed by atoms with Gasteiger partial charge in [-0.2, -0.15) is 0 Å². The number of benzene rings is 1. The topological polar surface area (TPSA) is 38.7 Å². The van der Waals surface area contributed by atoms with Gasteiger partial charge in [0, 0.05) is 0 Å². The Labute approximate surface area is 88.7 Å². The molecule has 2 atom stereocenters. The van der Waals surface area contributed by atoms with Crippen LogP contribution in [0.25, 0.3) is 0 Å². The maximum absolute atomic E-state index is 11.4. The molecular weight excluding hydrogens is 190 g/mol. The Balaban J connectivity index is 2.34. The van der Waals surface area contributed by atoms with Crippen molar-refractivity contribution in [2.75, 3.05) is 0 Å². The summed E-state index contributed by atoms with van der Waals surface area (Å²) in [6, 6.07) is 9.85. The van der Waals surface area contributed by atoms with Crippen LogP contribution < -0.4 is 0 Å². The molecule has 78 valence electrons. The molecule has 0 fully saturated rings. The predicted octanol–water partition coefficient (Wildman–Crippen LogP) is 2.13. The van der Waals surface area contributed by atoms with Gasteiger partial charge in [0.1, 0.15) is 0 Å². The third-order valence-electron chi connectivity index (χ3n) is 2.62. The third kappa shape index (κ3) is 1.77. The molecule has 1 aromatic carbocycles. The lowest BCUT2D eigenvalue weighted by atomic mass is 9.88. The van der Waals surface area contributed by atoms with Crippen molar-refractivity contribution in [3.63, 3.8) is 0 Å². The Morgan fingerprint density at radius 3 is 2.60 bits per heavy atom. The van der Waals surface area contributed by atoms with Crippen LogP contribution in [-0.4, -0.2) is 17.6 Å². The highest BCUT2D eigenvalue weighted by Gasteiger charge is 2.36. The quantitative estimate of drug-likeness (QED) is 0.738. The second-order valence-corrected chi connectivity index (χ2v) is 3.76. The third-order valence-corrected chi connectivity index (χ3v) is 2.62. The Hall–Kier alpha value is -1.64. The normalized spacial score (nSPS) is 24.5. The van der Waals surface area contributed by atoms with Crippen molar-refractivity contribution in [1.29, 1.82) is 0 Å². The number of carbonyl (C=O) groups excluding carboxylic acids is 1. The van der Waals surface area contributed by atoms with E-state index in [1.165, 1.54) is 6.92 Å². The largest absolute Gasteiger partial charge is 0.383 e. The van der Waals surface area contributed by atoms with Gasteiger partial charge in [-0.15, -0.1) is 0 Å². The molecule has 0 amide bonds. The van der Waals surface area contributed by atoms with E-state index in [1.807, 2.05) is 37.3 Å². The number of hydrogen-bond donors (Lipinski definition) is 0. The Morgan fingerprint density at radius 1 is 1.33 bits per heavy atom. The molecule has 1 aromatic rings. The molecule has 0 bridgehead atoms. The molecule has 0 N–H and O–H groups in total. The lowest BCUT2D eigenvalue weighted by Gasteiger charge is -2.15. The van der Waals surface area contributed by atoms with Crippen molar-refractivity contribution in [3.05, 3.63) is 35.9 Å². The van der Waals surface area contributed by atoms with E-state index < -0.39 is 6.10 Å². The fraction of sp³-hybridized carbons (Fsp3) is 0.333. The summed E-state index contributed by atoms with van der Waals surface area (Å²) in [6.45, 7) is 3.43. The maximum Gasteiger partial charge on any atom is 0.197 e. The zero-order valence-corrected chi connectivity index (χ0v) is 8.81. The van der Waals surface area contributed by atoms with Gasteiger partial charge >= 0.3 is 0 Å². The SMILES string of the molecule is CC(=O)C1ON=C(C)C1c1ccccc1. The van der Waals surface area contributed by atoms with Crippen LogP contribution in [0.5, 0.6) is 0 Å². The molecule has 1 heterocycles. The highest BCUT2D eigenvalue weighted by atomic mass is 16.6. The minimum Gasteiger partial charge on any atom is -0.383 e. The standard InChI is InChI=1S/C12H13NO2/c1-8-11(10-6-4-3-5-7-10)12(9(2)14)15-13-8/h3-7,11-12H,1-2H3. The fourth-order valence-corrected chi connectivity index (χ4v) is 1.86. The van der Waals surface area contributed by atoms with Crippen molar-refractivity contribution in [2.24, 2.45) is 5.16 Å². The molecule has 1 aliphatic heterocycles. The van der Waals surface area contributed by atoms with Crippen LogP contribution in [-0.2, 0) is 9.63 Å². The van der Waals surface area contributed by atoms with E-state index in [0.717, 1.165) is 11.3 Å². The number of carbonyl (C=O) groups is 1. The zero-order chi connectivity index (χ0) is 10.8. The first-order valence-electron chi connectivity index (χ1n) is 4.96. The summed E-state index contributed by atoms with van der Waals surface area (Å²) in [7, 11) is 0. The van der Waals surface area contributed by atoms with E-state index in [2.05, 4.69) is 5.16 Å². The lowest BCUT2D eigenvalue weighted by Crippen LogP contribution is -2.26. The molecule has 0 radical (unpaired) electrons. The van der Waals surface area contributed by atoms with E-state index in [4.69, 9.17) is 4.84 Å². The molecule has 0 saturated carbocycles. The van der Waals surface area contributed by atoms with Gasteiger partial charge < -0.3 is 4.84 Å². The first kappa shape index (κ1) is 9.90. The number of oxime groups is 1. The van der Waals surface area contributed by atoms with Crippen molar-refractivity contribution in [1.82, 2.24) is 0 Å². The number of nitrogens with zero attached hydrogens (tertiary/aromatic N) is 1. The first-order chi connectivity index (χ1) is 7.20. The van der Waals surface area contributed by atoms with Crippen molar-refractivity contribution < 1.29 is 9.63 Å². The highest BCUT2D eigenvalue weighted by Crippen LogP contribution is 2.29. The van der Waals surface area contributed by atoms with Crippen LogP contribution in [0.1, 0.15) is 25.3 Å². The monoisotopic (exact) mass is 203 g/mol. The van der Waals surface area contributed by atoms with Gasteiger partial charge in [-0.05, 0) is 19.4 Å². The number of rotatable bonds is 2. The molecule has 1 aliphatic rings. The Bertz CT molecular complexity index is 397. The number of ketones is 1. The summed E-state index contributed by atoms with van der Waals surface area (Å²) in [6.07, 6.45) is -0.451. The molecule has 15 heavy (non-hydrogen) atoms. The van der Waals surface area contributed by atoms with Crippen LogP contribution >= 0.6 is 0 Å². The van der Waals surface area contributed by atoms with Crippen LogP contribution in [0.4, 0.5) is 0 Å². The van der Waals surface area contributed by atoms with E-state index in [0.29, 0.717) is 0 Å². The molecular formula is C12H13NO2.